The van der Waals surface area contributed by atoms with Gasteiger partial charge in [0, 0.05) is 17.0 Å². The highest BCUT2D eigenvalue weighted by Crippen LogP contribution is 2.47. The van der Waals surface area contributed by atoms with Crippen LogP contribution < -0.4 is 5.73 Å². The first-order chi connectivity index (χ1) is 9.51. The zero-order chi connectivity index (χ0) is 14.3. The minimum atomic E-state index is -3.38. The number of nitrogens with two attached hydrogens (primary N) is 1. The molecule has 3 rings (SSSR count). The Labute approximate surface area is 123 Å². The Morgan fingerprint density at radius 3 is 2.15 bits per heavy atom. The van der Waals surface area contributed by atoms with Crippen LogP contribution in [0.1, 0.15) is 11.5 Å². The first kappa shape index (κ1) is 13.6. The van der Waals surface area contributed by atoms with Crippen LogP contribution in [0.4, 0.5) is 0 Å². The molecule has 0 saturated heterocycles. The average molecular weight is 308 g/mol. The van der Waals surface area contributed by atoms with Crippen molar-refractivity contribution >= 4 is 21.4 Å². The van der Waals surface area contributed by atoms with E-state index in [1.54, 1.807) is 42.5 Å². The van der Waals surface area contributed by atoms with Gasteiger partial charge in [-0.15, -0.1) is 0 Å². The second-order valence-electron chi connectivity index (χ2n) is 4.98. The van der Waals surface area contributed by atoms with Crippen molar-refractivity contribution in [1.29, 1.82) is 0 Å². The molecule has 0 aliphatic heterocycles. The van der Waals surface area contributed by atoms with E-state index in [2.05, 4.69) is 0 Å². The average Bonchev–Trinajstić information content (AvgIpc) is 3.13. The molecule has 1 aliphatic carbocycles. The van der Waals surface area contributed by atoms with E-state index in [0.29, 0.717) is 9.92 Å². The van der Waals surface area contributed by atoms with E-state index in [-0.39, 0.29) is 12.0 Å². The summed E-state index contributed by atoms with van der Waals surface area (Å²) in [5, 5.41) is 0.0801. The molecular formula is C15H14ClNO2S. The van der Waals surface area contributed by atoms with Crippen LogP contribution in [0.15, 0.2) is 59.5 Å². The predicted octanol–water partition coefficient (Wildman–Crippen LogP) is 2.61. The molecule has 0 heterocycles. The highest BCUT2D eigenvalue weighted by molar-refractivity contribution is 7.92. The topological polar surface area (TPSA) is 60.2 Å². The summed E-state index contributed by atoms with van der Waals surface area (Å²) in [6, 6.07) is 15.3. The van der Waals surface area contributed by atoms with Crippen LogP contribution >= 0.6 is 11.6 Å². The fourth-order valence-corrected chi connectivity index (χ4v) is 4.76. The van der Waals surface area contributed by atoms with Gasteiger partial charge in [-0.2, -0.15) is 0 Å². The van der Waals surface area contributed by atoms with Crippen molar-refractivity contribution in [3.8, 4) is 0 Å². The summed E-state index contributed by atoms with van der Waals surface area (Å²) in [7, 11) is -3.38. The predicted molar refractivity (Wildman–Crippen MR) is 79.6 cm³/mol. The quantitative estimate of drug-likeness (QED) is 0.948. The van der Waals surface area contributed by atoms with E-state index in [9.17, 15) is 8.42 Å². The van der Waals surface area contributed by atoms with Crippen LogP contribution in [-0.4, -0.2) is 19.7 Å². The van der Waals surface area contributed by atoms with Gasteiger partial charge in [-0.1, -0.05) is 41.9 Å². The van der Waals surface area contributed by atoms with E-state index in [4.69, 9.17) is 17.3 Å². The number of benzene rings is 2. The maximum absolute atomic E-state index is 12.5. The SMILES string of the molecule is NC1C(c2ccc(Cl)cc2)C1S(=O)(=O)c1ccccc1. The molecule has 0 aromatic heterocycles. The van der Waals surface area contributed by atoms with Crippen molar-refractivity contribution in [1.82, 2.24) is 0 Å². The fourth-order valence-electron chi connectivity index (χ4n) is 2.57. The van der Waals surface area contributed by atoms with Gasteiger partial charge in [-0.3, -0.25) is 0 Å². The van der Waals surface area contributed by atoms with Gasteiger partial charge in [-0.05, 0) is 29.8 Å². The van der Waals surface area contributed by atoms with Crippen LogP contribution in [0.2, 0.25) is 5.02 Å². The van der Waals surface area contributed by atoms with E-state index < -0.39 is 15.1 Å². The molecule has 5 heteroatoms. The number of sulfone groups is 1. The third-order valence-corrected chi connectivity index (χ3v) is 6.20. The summed E-state index contributed by atoms with van der Waals surface area (Å²) >= 11 is 5.85. The summed E-state index contributed by atoms with van der Waals surface area (Å²) in [5.74, 6) is -0.155. The summed E-state index contributed by atoms with van der Waals surface area (Å²) in [6.07, 6.45) is 0. The molecule has 2 aromatic carbocycles. The van der Waals surface area contributed by atoms with Crippen molar-refractivity contribution in [2.75, 3.05) is 0 Å². The molecule has 2 N–H and O–H groups in total. The normalized spacial score (nSPS) is 25.4. The Morgan fingerprint density at radius 1 is 0.950 bits per heavy atom. The highest BCUT2D eigenvalue weighted by Gasteiger charge is 2.56. The Hall–Kier alpha value is -1.36. The van der Waals surface area contributed by atoms with E-state index >= 15 is 0 Å². The van der Waals surface area contributed by atoms with Crippen LogP contribution in [0, 0.1) is 0 Å². The Kier molecular flexibility index (Phi) is 3.32. The van der Waals surface area contributed by atoms with Gasteiger partial charge in [0.25, 0.3) is 0 Å². The lowest BCUT2D eigenvalue weighted by atomic mass is 10.1. The van der Waals surface area contributed by atoms with Crippen molar-refractivity contribution in [3.05, 3.63) is 65.2 Å². The second-order valence-corrected chi connectivity index (χ2v) is 7.52. The number of halogens is 1. The third-order valence-electron chi connectivity index (χ3n) is 3.69. The third kappa shape index (κ3) is 2.24. The lowest BCUT2D eigenvalue weighted by Crippen LogP contribution is -2.15. The van der Waals surface area contributed by atoms with Crippen LogP contribution in [0.3, 0.4) is 0 Å². The van der Waals surface area contributed by atoms with Crippen molar-refractivity contribution in [3.63, 3.8) is 0 Å². The summed E-state index contributed by atoms with van der Waals surface area (Å²) in [4.78, 5) is 0.330. The molecule has 104 valence electrons. The van der Waals surface area contributed by atoms with Crippen molar-refractivity contribution in [2.24, 2.45) is 5.73 Å². The van der Waals surface area contributed by atoms with E-state index in [1.165, 1.54) is 0 Å². The largest absolute Gasteiger partial charge is 0.326 e. The van der Waals surface area contributed by atoms with Gasteiger partial charge in [0.15, 0.2) is 9.84 Å². The number of rotatable bonds is 3. The first-order valence-corrected chi connectivity index (χ1v) is 8.24. The molecule has 3 atom stereocenters. The summed E-state index contributed by atoms with van der Waals surface area (Å²) < 4.78 is 25.1. The van der Waals surface area contributed by atoms with E-state index in [1.807, 2.05) is 12.1 Å². The van der Waals surface area contributed by atoms with Gasteiger partial charge < -0.3 is 5.73 Å². The van der Waals surface area contributed by atoms with Gasteiger partial charge in [0.2, 0.25) is 0 Å². The summed E-state index contributed by atoms with van der Waals surface area (Å²) in [5.41, 5.74) is 6.91. The molecule has 1 saturated carbocycles. The number of hydrogen-bond acceptors (Lipinski definition) is 3. The molecule has 1 fully saturated rings. The summed E-state index contributed by atoms with van der Waals surface area (Å²) in [6.45, 7) is 0. The molecule has 3 unspecified atom stereocenters. The molecule has 1 aliphatic rings. The maximum atomic E-state index is 12.5. The van der Waals surface area contributed by atoms with Crippen LogP contribution in [0.25, 0.3) is 0 Å². The Bertz CT molecular complexity index is 713. The second kappa shape index (κ2) is 4.88. The standard InChI is InChI=1S/C15H14ClNO2S/c16-11-8-6-10(7-9-11)13-14(17)15(13)20(18,19)12-4-2-1-3-5-12/h1-9,13-15H,17H2. The van der Waals surface area contributed by atoms with Gasteiger partial charge in [0.1, 0.15) is 0 Å². The zero-order valence-electron chi connectivity index (χ0n) is 10.6. The smallest absolute Gasteiger partial charge is 0.183 e. The molecule has 2 aromatic rings. The molecule has 0 radical (unpaired) electrons. The lowest BCUT2D eigenvalue weighted by molar-refractivity contribution is 0.593. The molecule has 20 heavy (non-hydrogen) atoms. The van der Waals surface area contributed by atoms with Crippen molar-refractivity contribution < 1.29 is 8.42 Å². The molecule has 3 nitrogen and oxygen atoms in total. The monoisotopic (exact) mass is 307 g/mol. The number of hydrogen-bond donors (Lipinski definition) is 1. The first-order valence-electron chi connectivity index (χ1n) is 6.32. The molecule has 0 bridgehead atoms. The van der Waals surface area contributed by atoms with E-state index in [0.717, 1.165) is 5.56 Å². The zero-order valence-corrected chi connectivity index (χ0v) is 12.2. The van der Waals surface area contributed by atoms with Crippen LogP contribution in [-0.2, 0) is 9.84 Å². The maximum Gasteiger partial charge on any atom is 0.183 e. The molecular weight excluding hydrogens is 294 g/mol. The lowest BCUT2D eigenvalue weighted by Gasteiger charge is -2.03. The molecule has 0 amide bonds. The Morgan fingerprint density at radius 2 is 1.55 bits per heavy atom. The minimum absolute atomic E-state index is 0.155. The minimum Gasteiger partial charge on any atom is -0.326 e. The van der Waals surface area contributed by atoms with Gasteiger partial charge in [-0.25, -0.2) is 8.42 Å². The fraction of sp³-hybridized carbons (Fsp3) is 0.200. The highest BCUT2D eigenvalue weighted by atomic mass is 35.5. The van der Waals surface area contributed by atoms with Gasteiger partial charge >= 0.3 is 0 Å². The van der Waals surface area contributed by atoms with Gasteiger partial charge in [0.05, 0.1) is 10.1 Å². The van der Waals surface area contributed by atoms with Crippen LogP contribution in [0.5, 0.6) is 0 Å². The van der Waals surface area contributed by atoms with Crippen molar-refractivity contribution in [2.45, 2.75) is 22.1 Å². The Balaban J connectivity index is 1.91. The molecule has 0 spiro atoms.